The average Bonchev–Trinajstić information content (AvgIpc) is 2.95. The molecule has 2 aromatic rings. The van der Waals surface area contributed by atoms with Crippen LogP contribution in [0.1, 0.15) is 24.0 Å². The van der Waals surface area contributed by atoms with Crippen molar-refractivity contribution in [3.63, 3.8) is 0 Å². The molecule has 0 spiro atoms. The monoisotopic (exact) mass is 522 g/mol. The number of rotatable bonds is 8. The van der Waals surface area contributed by atoms with Gasteiger partial charge in [-0.15, -0.1) is 0 Å². The van der Waals surface area contributed by atoms with Crippen molar-refractivity contribution in [3.8, 4) is 5.75 Å². The van der Waals surface area contributed by atoms with E-state index in [1.54, 1.807) is 0 Å². The molecule has 0 radical (unpaired) electrons. The third-order valence-corrected chi connectivity index (χ3v) is 7.12. The van der Waals surface area contributed by atoms with E-state index in [0.29, 0.717) is 45.0 Å². The Kier molecular flexibility index (Phi) is 10.1. The van der Waals surface area contributed by atoms with Gasteiger partial charge in [0.25, 0.3) is 0 Å². The molecular formula is C29H38N4O5. The molecule has 0 aliphatic carbocycles. The van der Waals surface area contributed by atoms with Crippen molar-refractivity contribution in [1.29, 1.82) is 0 Å². The molecule has 2 atom stereocenters. The number of hydrogen-bond acceptors (Lipinski definition) is 7. The summed E-state index contributed by atoms with van der Waals surface area (Å²) in [4.78, 5) is 27.6. The van der Waals surface area contributed by atoms with E-state index >= 15 is 0 Å². The molecule has 9 nitrogen and oxygen atoms in total. The predicted octanol–water partition coefficient (Wildman–Crippen LogP) is 1.66. The molecule has 2 amide bonds. The quantitative estimate of drug-likeness (QED) is 0.334. The molecule has 0 saturated carbocycles. The molecule has 0 aromatic heterocycles. The first-order chi connectivity index (χ1) is 18.6. The van der Waals surface area contributed by atoms with Crippen molar-refractivity contribution >= 4 is 17.5 Å². The van der Waals surface area contributed by atoms with E-state index in [0.717, 1.165) is 23.2 Å². The summed E-state index contributed by atoms with van der Waals surface area (Å²) in [5.74, 6) is 0.974. The zero-order chi connectivity index (χ0) is 26.7. The Bertz CT molecular complexity index is 1090. The summed E-state index contributed by atoms with van der Waals surface area (Å²) >= 11 is 0. The second kappa shape index (κ2) is 13.9. The maximum atomic E-state index is 13.0. The number of carbonyl (C=O) groups excluding carboxylic acids is 2. The molecule has 2 aliphatic heterocycles. The smallest absolute Gasteiger partial charge is 0.236 e. The van der Waals surface area contributed by atoms with Crippen molar-refractivity contribution in [2.75, 3.05) is 44.8 Å². The number of aliphatic hydroxyl groups is 2. The minimum atomic E-state index is -0.457. The minimum absolute atomic E-state index is 0.0239. The highest BCUT2D eigenvalue weighted by Crippen LogP contribution is 2.29. The van der Waals surface area contributed by atoms with Crippen LogP contribution < -0.4 is 20.7 Å². The molecule has 4 rings (SSSR count). The van der Waals surface area contributed by atoms with E-state index in [-0.39, 0.29) is 43.4 Å². The van der Waals surface area contributed by atoms with Crippen molar-refractivity contribution in [2.45, 2.75) is 32.0 Å². The van der Waals surface area contributed by atoms with Gasteiger partial charge in [-0.2, -0.15) is 0 Å². The van der Waals surface area contributed by atoms with Gasteiger partial charge in [-0.1, -0.05) is 42.5 Å². The molecule has 2 aliphatic rings. The van der Waals surface area contributed by atoms with E-state index in [9.17, 15) is 19.8 Å². The lowest BCUT2D eigenvalue weighted by Gasteiger charge is -2.37. The Hall–Kier alpha value is -3.40. The van der Waals surface area contributed by atoms with Crippen LogP contribution >= 0.6 is 0 Å². The van der Waals surface area contributed by atoms with Gasteiger partial charge in [0.05, 0.1) is 25.8 Å². The van der Waals surface area contributed by atoms with Gasteiger partial charge in [0, 0.05) is 43.9 Å². The fraction of sp³-hybridized carbons (Fsp3) is 0.448. The first-order valence-electron chi connectivity index (χ1n) is 13.3. The summed E-state index contributed by atoms with van der Waals surface area (Å²) in [6.45, 7) is 2.35. The molecule has 204 valence electrons. The lowest BCUT2D eigenvalue weighted by molar-refractivity contribution is -0.132. The van der Waals surface area contributed by atoms with Gasteiger partial charge in [0.15, 0.2) is 0 Å². The number of hydrogen-bond donors (Lipinski definition) is 5. The van der Waals surface area contributed by atoms with E-state index in [1.165, 1.54) is 0 Å². The second-order valence-electron chi connectivity index (χ2n) is 9.89. The predicted molar refractivity (Wildman–Crippen MR) is 145 cm³/mol. The normalized spacial score (nSPS) is 20.8. The number of benzene rings is 2. The standard InChI is InChI=1S/C29H38N4O5/c34-19-26(20-35)32-25-8-9-27-24(13-25)16-30-17-29(37)33-11-10-22(23(18-33)7-4-12-38-27)14-28(36)31-15-21-5-2-1-3-6-21/h1-9,13,22-23,26,30,32,34-35H,10-12,14-20H2,(H,31,36)/b7-4-/t22-,23-/m0/s1. The first kappa shape index (κ1) is 27.6. The molecule has 5 N–H and O–H groups in total. The average molecular weight is 523 g/mol. The maximum absolute atomic E-state index is 13.0. The fourth-order valence-electron chi connectivity index (χ4n) is 4.95. The van der Waals surface area contributed by atoms with Crippen molar-refractivity contribution in [3.05, 3.63) is 71.8 Å². The highest BCUT2D eigenvalue weighted by atomic mass is 16.5. The molecule has 2 bridgehead atoms. The van der Waals surface area contributed by atoms with Crippen LogP contribution in [0.2, 0.25) is 0 Å². The third kappa shape index (κ3) is 7.80. The van der Waals surface area contributed by atoms with Crippen molar-refractivity contribution in [2.24, 2.45) is 11.8 Å². The van der Waals surface area contributed by atoms with Gasteiger partial charge in [0.2, 0.25) is 11.8 Å². The molecule has 2 aromatic carbocycles. The summed E-state index contributed by atoms with van der Waals surface area (Å²) in [6, 6.07) is 15.0. The summed E-state index contributed by atoms with van der Waals surface area (Å²) in [6.07, 6.45) is 5.25. The van der Waals surface area contributed by atoms with Crippen LogP contribution in [0.25, 0.3) is 0 Å². The van der Waals surface area contributed by atoms with E-state index in [1.807, 2.05) is 59.5 Å². The maximum Gasteiger partial charge on any atom is 0.236 e. The highest BCUT2D eigenvalue weighted by molar-refractivity contribution is 5.79. The molecule has 0 unspecified atom stereocenters. The van der Waals surface area contributed by atoms with E-state index in [4.69, 9.17) is 4.74 Å². The lowest BCUT2D eigenvalue weighted by Crippen LogP contribution is -2.47. The summed E-state index contributed by atoms with van der Waals surface area (Å²) in [7, 11) is 0. The van der Waals surface area contributed by atoms with Gasteiger partial charge in [-0.05, 0) is 42.0 Å². The van der Waals surface area contributed by atoms with E-state index < -0.39 is 6.04 Å². The number of aliphatic hydroxyl groups excluding tert-OH is 2. The molecule has 2 heterocycles. The number of anilines is 1. The van der Waals surface area contributed by atoms with Crippen molar-refractivity contribution < 1.29 is 24.5 Å². The van der Waals surface area contributed by atoms with Crippen LogP contribution in [-0.2, 0) is 22.7 Å². The number of piperidine rings is 1. The number of ether oxygens (including phenoxy) is 1. The number of carbonyl (C=O) groups is 2. The lowest BCUT2D eigenvalue weighted by atomic mass is 9.82. The van der Waals surface area contributed by atoms with Crippen LogP contribution in [0.15, 0.2) is 60.7 Å². The zero-order valence-electron chi connectivity index (χ0n) is 21.6. The van der Waals surface area contributed by atoms with Crippen molar-refractivity contribution in [1.82, 2.24) is 15.5 Å². The molecule has 9 heteroatoms. The summed E-state index contributed by atoms with van der Waals surface area (Å²) in [5.41, 5.74) is 2.69. The zero-order valence-corrected chi connectivity index (χ0v) is 21.6. The number of nitrogens with one attached hydrogen (secondary N) is 3. The van der Waals surface area contributed by atoms with Crippen LogP contribution in [0.4, 0.5) is 5.69 Å². The first-order valence-corrected chi connectivity index (χ1v) is 13.3. The number of nitrogens with zero attached hydrogens (tertiary/aromatic N) is 1. The van der Waals surface area contributed by atoms with Crippen LogP contribution in [0, 0.1) is 11.8 Å². The van der Waals surface area contributed by atoms with E-state index in [2.05, 4.69) is 22.0 Å². The minimum Gasteiger partial charge on any atom is -0.489 e. The van der Waals surface area contributed by atoms with Gasteiger partial charge >= 0.3 is 0 Å². The topological polar surface area (TPSA) is 123 Å². The Balaban J connectivity index is 1.41. The van der Waals surface area contributed by atoms with Crippen LogP contribution in [-0.4, -0.2) is 72.4 Å². The Morgan fingerprint density at radius 3 is 2.74 bits per heavy atom. The van der Waals surface area contributed by atoms with Crippen LogP contribution in [0.3, 0.4) is 0 Å². The SMILES string of the molecule is O=C(C[C@@H]1CCN2C[C@@H]1/C=C\COc1ccc(NC(CO)CO)cc1CNCC2=O)NCc1ccccc1. The molecular weight excluding hydrogens is 484 g/mol. The van der Waals surface area contributed by atoms with Gasteiger partial charge in [-0.25, -0.2) is 0 Å². The summed E-state index contributed by atoms with van der Waals surface area (Å²) in [5, 5.41) is 28.1. The number of fused-ring (bicyclic) bond motifs is 3. The molecule has 1 fully saturated rings. The van der Waals surface area contributed by atoms with Gasteiger partial charge < -0.3 is 35.8 Å². The van der Waals surface area contributed by atoms with Gasteiger partial charge in [0.1, 0.15) is 12.4 Å². The Labute approximate surface area is 223 Å². The Morgan fingerprint density at radius 2 is 1.95 bits per heavy atom. The summed E-state index contributed by atoms with van der Waals surface area (Å²) < 4.78 is 6.05. The molecule has 1 saturated heterocycles. The second-order valence-corrected chi connectivity index (χ2v) is 9.89. The number of amides is 2. The highest BCUT2D eigenvalue weighted by Gasteiger charge is 2.31. The largest absolute Gasteiger partial charge is 0.489 e. The van der Waals surface area contributed by atoms with Crippen LogP contribution in [0.5, 0.6) is 5.75 Å². The van der Waals surface area contributed by atoms with Gasteiger partial charge in [-0.3, -0.25) is 9.59 Å². The fourth-order valence-corrected chi connectivity index (χ4v) is 4.95. The molecule has 38 heavy (non-hydrogen) atoms. The Morgan fingerprint density at radius 1 is 1.13 bits per heavy atom. The third-order valence-electron chi connectivity index (χ3n) is 7.12.